The van der Waals surface area contributed by atoms with Gasteiger partial charge in [-0.25, -0.2) is 9.97 Å². The van der Waals surface area contributed by atoms with Gasteiger partial charge in [0, 0.05) is 48.2 Å². The molecule has 0 fully saturated rings. The van der Waals surface area contributed by atoms with Crippen molar-refractivity contribution in [3.63, 3.8) is 0 Å². The third kappa shape index (κ3) is 4.68. The van der Waals surface area contributed by atoms with Crippen LogP contribution >= 0.6 is 0 Å². The van der Waals surface area contributed by atoms with Gasteiger partial charge in [-0.3, -0.25) is 9.97 Å². The maximum atomic E-state index is 4.76. The lowest BCUT2D eigenvalue weighted by Gasteiger charge is -2.11. The lowest BCUT2D eigenvalue weighted by molar-refractivity contribution is 0.955. The fourth-order valence-electron chi connectivity index (χ4n) is 2.86. The van der Waals surface area contributed by atoms with Gasteiger partial charge in [-0.15, -0.1) is 0 Å². The summed E-state index contributed by atoms with van der Waals surface area (Å²) in [5, 5.41) is 4.49. The van der Waals surface area contributed by atoms with Gasteiger partial charge in [0.05, 0.1) is 5.52 Å². The number of benzene rings is 1. The van der Waals surface area contributed by atoms with Crippen LogP contribution in [0.3, 0.4) is 0 Å². The van der Waals surface area contributed by atoms with Gasteiger partial charge in [0.15, 0.2) is 5.82 Å². The molecule has 142 valence electrons. The van der Waals surface area contributed by atoms with Crippen molar-refractivity contribution < 1.29 is 0 Å². The maximum Gasteiger partial charge on any atom is 0.163 e. The topological polar surface area (TPSA) is 63.6 Å². The molecule has 0 radical (unpaired) electrons. The number of nitrogens with zero attached hydrogens (tertiary/aromatic N) is 4. The molecular formula is C23H25N5. The van der Waals surface area contributed by atoms with E-state index < -0.39 is 0 Å². The summed E-state index contributed by atoms with van der Waals surface area (Å²) < 4.78 is 0. The smallest absolute Gasteiger partial charge is 0.163 e. The summed E-state index contributed by atoms with van der Waals surface area (Å²) >= 11 is 0. The van der Waals surface area contributed by atoms with E-state index in [1.807, 2.05) is 56.4 Å². The van der Waals surface area contributed by atoms with Crippen LogP contribution in [0.5, 0.6) is 0 Å². The van der Waals surface area contributed by atoms with Gasteiger partial charge < -0.3 is 5.32 Å². The molecular weight excluding hydrogens is 346 g/mol. The number of nitrogens with one attached hydrogen (secondary N) is 1. The Labute approximate surface area is 165 Å². The van der Waals surface area contributed by atoms with Crippen LogP contribution in [0.1, 0.15) is 25.1 Å². The molecule has 5 nitrogen and oxygen atoms in total. The highest BCUT2D eigenvalue weighted by Crippen LogP contribution is 2.25. The van der Waals surface area contributed by atoms with Gasteiger partial charge >= 0.3 is 0 Å². The van der Waals surface area contributed by atoms with Gasteiger partial charge in [-0.05, 0) is 43.3 Å². The van der Waals surface area contributed by atoms with E-state index in [0.717, 1.165) is 40.9 Å². The van der Waals surface area contributed by atoms with E-state index in [1.54, 1.807) is 12.4 Å². The minimum Gasteiger partial charge on any atom is -0.369 e. The second-order valence-electron chi connectivity index (χ2n) is 6.16. The first-order valence-electron chi connectivity index (χ1n) is 9.62. The van der Waals surface area contributed by atoms with E-state index in [1.165, 1.54) is 5.56 Å². The largest absolute Gasteiger partial charge is 0.369 e. The van der Waals surface area contributed by atoms with Crippen molar-refractivity contribution in [2.45, 2.75) is 27.2 Å². The minimum atomic E-state index is 0.676. The van der Waals surface area contributed by atoms with E-state index in [-0.39, 0.29) is 0 Å². The van der Waals surface area contributed by atoms with Gasteiger partial charge in [-0.1, -0.05) is 31.5 Å². The number of aromatic nitrogens is 4. The number of hydrogen-bond donors (Lipinski definition) is 1. The molecule has 0 spiro atoms. The van der Waals surface area contributed by atoms with Crippen LogP contribution in [0.15, 0.2) is 67.1 Å². The Morgan fingerprint density at radius 1 is 0.929 bits per heavy atom. The number of anilines is 1. The molecule has 0 aliphatic carbocycles. The van der Waals surface area contributed by atoms with Crippen LogP contribution in [0, 0.1) is 6.92 Å². The molecule has 1 N–H and O–H groups in total. The van der Waals surface area contributed by atoms with E-state index in [4.69, 9.17) is 9.97 Å². The average molecular weight is 371 g/mol. The van der Waals surface area contributed by atoms with Crippen molar-refractivity contribution in [2.75, 3.05) is 11.9 Å². The Morgan fingerprint density at radius 2 is 1.82 bits per heavy atom. The average Bonchev–Trinajstić information content (AvgIpc) is 2.76. The highest BCUT2D eigenvalue weighted by molar-refractivity contribution is 5.91. The molecule has 0 saturated carbocycles. The summed E-state index contributed by atoms with van der Waals surface area (Å²) in [7, 11) is 0. The van der Waals surface area contributed by atoms with Crippen LogP contribution in [0.4, 0.5) is 5.82 Å². The van der Waals surface area contributed by atoms with Crippen LogP contribution < -0.4 is 5.32 Å². The lowest BCUT2D eigenvalue weighted by atomic mass is 10.1. The first-order chi connectivity index (χ1) is 13.8. The number of aryl methyl sites for hydroxylation is 1. The lowest BCUT2D eigenvalue weighted by Crippen LogP contribution is -2.09. The Morgan fingerprint density at radius 3 is 2.57 bits per heavy atom. The summed E-state index contributed by atoms with van der Waals surface area (Å²) in [6.45, 7) is 6.83. The Hall–Kier alpha value is -3.34. The molecule has 0 amide bonds. The third-order valence-electron chi connectivity index (χ3n) is 4.17. The summed E-state index contributed by atoms with van der Waals surface area (Å²) in [5.41, 5.74) is 4.07. The Bertz CT molecular complexity index is 1020. The molecule has 0 aliphatic heterocycles. The number of hydrogen-bond acceptors (Lipinski definition) is 5. The number of pyridine rings is 2. The second kappa shape index (κ2) is 9.55. The number of fused-ring (bicyclic) bond motifs is 1. The SMILES string of the molecule is CC.Cc1ccc2nc(-c3cccnc3)nc(NCCc3ccccn3)c2c1. The van der Waals surface area contributed by atoms with Crippen LogP contribution in [0.25, 0.3) is 22.3 Å². The molecule has 1 aromatic carbocycles. The van der Waals surface area contributed by atoms with Gasteiger partial charge in [-0.2, -0.15) is 0 Å². The summed E-state index contributed by atoms with van der Waals surface area (Å²) in [4.78, 5) is 18.0. The standard InChI is InChI=1S/C21H19N5.C2H6/c1-15-7-8-19-18(13-15)21(24-12-9-17-6-2-3-11-23-17)26-20(25-19)16-5-4-10-22-14-16;1-2/h2-8,10-11,13-14H,9,12H2,1H3,(H,24,25,26);1-2H3. The van der Waals surface area contributed by atoms with Crippen molar-refractivity contribution in [3.8, 4) is 11.4 Å². The molecule has 4 rings (SSSR count). The van der Waals surface area contributed by atoms with E-state index in [9.17, 15) is 0 Å². The molecule has 4 aromatic rings. The molecule has 28 heavy (non-hydrogen) atoms. The highest BCUT2D eigenvalue weighted by Gasteiger charge is 2.10. The fourth-order valence-corrected chi connectivity index (χ4v) is 2.86. The van der Waals surface area contributed by atoms with Crippen molar-refractivity contribution in [1.29, 1.82) is 0 Å². The zero-order valence-electron chi connectivity index (χ0n) is 16.6. The van der Waals surface area contributed by atoms with Crippen molar-refractivity contribution in [2.24, 2.45) is 0 Å². The normalized spacial score (nSPS) is 10.2. The monoisotopic (exact) mass is 371 g/mol. The first-order valence-corrected chi connectivity index (χ1v) is 9.62. The van der Waals surface area contributed by atoms with Crippen LogP contribution in [0.2, 0.25) is 0 Å². The minimum absolute atomic E-state index is 0.676. The summed E-state index contributed by atoms with van der Waals surface area (Å²) in [5.74, 6) is 1.52. The quantitative estimate of drug-likeness (QED) is 0.530. The zero-order valence-corrected chi connectivity index (χ0v) is 16.6. The molecule has 0 bridgehead atoms. The predicted octanol–water partition coefficient (Wildman–Crippen LogP) is 5.08. The molecule has 0 saturated heterocycles. The number of rotatable bonds is 5. The zero-order chi connectivity index (χ0) is 19.8. The molecule has 0 aliphatic rings. The molecule has 0 unspecified atom stereocenters. The third-order valence-corrected chi connectivity index (χ3v) is 4.17. The molecule has 3 aromatic heterocycles. The van der Waals surface area contributed by atoms with Crippen LogP contribution in [-0.4, -0.2) is 26.5 Å². The Kier molecular flexibility index (Phi) is 6.63. The summed E-state index contributed by atoms with van der Waals surface area (Å²) in [6, 6.07) is 16.1. The highest BCUT2D eigenvalue weighted by atomic mass is 15.0. The van der Waals surface area contributed by atoms with E-state index in [2.05, 4.69) is 34.3 Å². The summed E-state index contributed by atoms with van der Waals surface area (Å²) in [6.07, 6.45) is 6.19. The van der Waals surface area contributed by atoms with Crippen molar-refractivity contribution >= 4 is 16.7 Å². The van der Waals surface area contributed by atoms with Crippen LogP contribution in [-0.2, 0) is 6.42 Å². The second-order valence-corrected chi connectivity index (χ2v) is 6.16. The van der Waals surface area contributed by atoms with Crippen molar-refractivity contribution in [3.05, 3.63) is 78.4 Å². The van der Waals surface area contributed by atoms with E-state index in [0.29, 0.717) is 5.82 Å². The van der Waals surface area contributed by atoms with Gasteiger partial charge in [0.25, 0.3) is 0 Å². The molecule has 0 atom stereocenters. The Balaban J connectivity index is 0.00000109. The predicted molar refractivity (Wildman–Crippen MR) is 115 cm³/mol. The molecule has 3 heterocycles. The molecule has 5 heteroatoms. The van der Waals surface area contributed by atoms with Gasteiger partial charge in [0.2, 0.25) is 0 Å². The first kappa shape index (κ1) is 19.4. The van der Waals surface area contributed by atoms with Gasteiger partial charge in [0.1, 0.15) is 5.82 Å². The fraction of sp³-hybridized carbons (Fsp3) is 0.217. The van der Waals surface area contributed by atoms with Crippen molar-refractivity contribution in [1.82, 2.24) is 19.9 Å². The maximum absolute atomic E-state index is 4.76. The van der Waals surface area contributed by atoms with E-state index >= 15 is 0 Å².